The fraction of sp³-hybridized carbons (Fsp3) is 0.467. The van der Waals surface area contributed by atoms with Crippen molar-refractivity contribution in [3.63, 3.8) is 0 Å². The highest BCUT2D eigenvalue weighted by Crippen LogP contribution is 2.15. The number of nitrogens with zero attached hydrogens (tertiary/aromatic N) is 2. The van der Waals surface area contributed by atoms with Crippen LogP contribution in [-0.4, -0.2) is 18.2 Å². The van der Waals surface area contributed by atoms with Crippen LogP contribution in [0.3, 0.4) is 0 Å². The SMILES string of the molecule is CCc1noc(CC)c1CNC(=NC)NCc1ccsc1. The Hall–Kier alpha value is -1.82. The van der Waals surface area contributed by atoms with Gasteiger partial charge in [0.25, 0.3) is 0 Å². The zero-order valence-electron chi connectivity index (χ0n) is 12.8. The summed E-state index contributed by atoms with van der Waals surface area (Å²) in [6.07, 6.45) is 1.73. The maximum Gasteiger partial charge on any atom is 0.191 e. The van der Waals surface area contributed by atoms with E-state index < -0.39 is 0 Å². The van der Waals surface area contributed by atoms with Gasteiger partial charge < -0.3 is 15.2 Å². The lowest BCUT2D eigenvalue weighted by Gasteiger charge is -2.11. The Bertz CT molecular complexity index is 553. The molecule has 6 heteroatoms. The van der Waals surface area contributed by atoms with Crippen molar-refractivity contribution in [1.29, 1.82) is 0 Å². The number of aliphatic imine (C=N–C) groups is 1. The minimum Gasteiger partial charge on any atom is -0.361 e. The topological polar surface area (TPSA) is 62.5 Å². The predicted octanol–water partition coefficient (Wildman–Crippen LogP) is 2.73. The van der Waals surface area contributed by atoms with Gasteiger partial charge in [-0.25, -0.2) is 0 Å². The minimum atomic E-state index is 0.680. The van der Waals surface area contributed by atoms with E-state index in [2.05, 4.69) is 51.5 Å². The lowest BCUT2D eigenvalue weighted by atomic mass is 10.1. The molecule has 5 nitrogen and oxygen atoms in total. The van der Waals surface area contributed by atoms with E-state index in [9.17, 15) is 0 Å². The Kier molecular flexibility index (Phi) is 5.80. The first-order valence-electron chi connectivity index (χ1n) is 7.20. The lowest BCUT2D eigenvalue weighted by Crippen LogP contribution is -2.36. The van der Waals surface area contributed by atoms with Gasteiger partial charge in [-0.05, 0) is 28.8 Å². The molecule has 0 aliphatic carbocycles. The van der Waals surface area contributed by atoms with Crippen molar-refractivity contribution >= 4 is 17.3 Å². The van der Waals surface area contributed by atoms with Gasteiger partial charge in [-0.2, -0.15) is 11.3 Å². The summed E-state index contributed by atoms with van der Waals surface area (Å²) in [5.74, 6) is 1.74. The lowest BCUT2D eigenvalue weighted by molar-refractivity contribution is 0.380. The van der Waals surface area contributed by atoms with Crippen LogP contribution in [0.2, 0.25) is 0 Å². The minimum absolute atomic E-state index is 0.680. The highest BCUT2D eigenvalue weighted by molar-refractivity contribution is 7.07. The molecule has 0 saturated carbocycles. The molecule has 0 amide bonds. The van der Waals surface area contributed by atoms with Crippen molar-refractivity contribution < 1.29 is 4.52 Å². The third-order valence-electron chi connectivity index (χ3n) is 3.30. The Balaban J connectivity index is 1.92. The van der Waals surface area contributed by atoms with E-state index in [0.717, 1.165) is 42.4 Å². The molecule has 0 unspecified atom stereocenters. The molecule has 0 atom stereocenters. The van der Waals surface area contributed by atoms with E-state index >= 15 is 0 Å². The van der Waals surface area contributed by atoms with E-state index in [1.54, 1.807) is 18.4 Å². The maximum atomic E-state index is 5.37. The van der Waals surface area contributed by atoms with Gasteiger partial charge >= 0.3 is 0 Å². The summed E-state index contributed by atoms with van der Waals surface area (Å²) in [7, 11) is 1.78. The summed E-state index contributed by atoms with van der Waals surface area (Å²) in [5, 5.41) is 15.0. The zero-order valence-corrected chi connectivity index (χ0v) is 13.6. The van der Waals surface area contributed by atoms with Crippen molar-refractivity contribution in [1.82, 2.24) is 15.8 Å². The molecule has 21 heavy (non-hydrogen) atoms. The molecule has 0 aliphatic rings. The van der Waals surface area contributed by atoms with E-state index in [1.165, 1.54) is 5.56 Å². The standard InChI is InChI=1S/C15H22N4OS/c1-4-13-12(14(5-2)20-19-13)9-18-15(16-3)17-8-11-6-7-21-10-11/h6-7,10H,4-5,8-9H2,1-3H3,(H2,16,17,18). The van der Waals surface area contributed by atoms with Crippen LogP contribution in [-0.2, 0) is 25.9 Å². The van der Waals surface area contributed by atoms with E-state index in [1.807, 2.05) is 0 Å². The molecule has 0 aromatic carbocycles. The Labute approximate surface area is 129 Å². The van der Waals surface area contributed by atoms with Gasteiger partial charge in [0.2, 0.25) is 0 Å². The van der Waals surface area contributed by atoms with Gasteiger partial charge in [-0.15, -0.1) is 0 Å². The van der Waals surface area contributed by atoms with Crippen molar-refractivity contribution in [3.8, 4) is 0 Å². The smallest absolute Gasteiger partial charge is 0.191 e. The summed E-state index contributed by atoms with van der Waals surface area (Å²) in [4.78, 5) is 4.24. The number of aryl methyl sites for hydroxylation is 2. The molecule has 0 saturated heterocycles. The van der Waals surface area contributed by atoms with Gasteiger partial charge in [-0.1, -0.05) is 19.0 Å². The van der Waals surface area contributed by atoms with Gasteiger partial charge in [0, 0.05) is 32.1 Å². The number of rotatable bonds is 6. The molecule has 0 fully saturated rings. The second-order valence-corrected chi connectivity index (χ2v) is 5.43. The van der Waals surface area contributed by atoms with Crippen LogP contribution in [0.4, 0.5) is 0 Å². The number of guanidine groups is 1. The first kappa shape index (κ1) is 15.6. The van der Waals surface area contributed by atoms with Crippen LogP contribution >= 0.6 is 11.3 Å². The molecule has 114 valence electrons. The molecule has 0 radical (unpaired) electrons. The van der Waals surface area contributed by atoms with Gasteiger partial charge in [0.1, 0.15) is 5.76 Å². The molecule has 0 aliphatic heterocycles. The molecular weight excluding hydrogens is 284 g/mol. The molecule has 2 rings (SSSR count). The predicted molar refractivity (Wildman–Crippen MR) is 86.6 cm³/mol. The second kappa shape index (κ2) is 7.83. The highest BCUT2D eigenvalue weighted by Gasteiger charge is 2.13. The van der Waals surface area contributed by atoms with Gasteiger partial charge in [0.05, 0.1) is 5.69 Å². The molecule has 0 spiro atoms. The number of nitrogens with one attached hydrogen (secondary N) is 2. The molecule has 2 heterocycles. The first-order valence-corrected chi connectivity index (χ1v) is 8.14. The monoisotopic (exact) mass is 306 g/mol. The number of hydrogen-bond acceptors (Lipinski definition) is 4. The van der Waals surface area contributed by atoms with Crippen LogP contribution in [0.5, 0.6) is 0 Å². The normalized spacial score (nSPS) is 11.7. The third-order valence-corrected chi connectivity index (χ3v) is 4.04. The summed E-state index contributed by atoms with van der Waals surface area (Å²) in [6.45, 7) is 5.62. The Morgan fingerprint density at radius 1 is 1.29 bits per heavy atom. The van der Waals surface area contributed by atoms with Crippen LogP contribution in [0, 0.1) is 0 Å². The van der Waals surface area contributed by atoms with Gasteiger partial charge in [0.15, 0.2) is 5.96 Å². The van der Waals surface area contributed by atoms with Crippen LogP contribution in [0.1, 0.15) is 36.4 Å². The first-order chi connectivity index (χ1) is 10.3. The highest BCUT2D eigenvalue weighted by atomic mass is 32.1. The molecular formula is C15H22N4OS. The Morgan fingerprint density at radius 2 is 2.10 bits per heavy atom. The average Bonchev–Trinajstić information content (AvgIpc) is 3.16. The molecule has 0 bridgehead atoms. The molecule has 2 aromatic heterocycles. The number of hydrogen-bond donors (Lipinski definition) is 2. The van der Waals surface area contributed by atoms with Crippen LogP contribution in [0.15, 0.2) is 26.3 Å². The second-order valence-electron chi connectivity index (χ2n) is 4.65. The van der Waals surface area contributed by atoms with E-state index in [4.69, 9.17) is 4.52 Å². The van der Waals surface area contributed by atoms with Gasteiger partial charge in [-0.3, -0.25) is 4.99 Å². The summed E-state index contributed by atoms with van der Waals surface area (Å²) < 4.78 is 5.37. The fourth-order valence-electron chi connectivity index (χ4n) is 2.11. The van der Waals surface area contributed by atoms with E-state index in [0.29, 0.717) is 6.54 Å². The fourth-order valence-corrected chi connectivity index (χ4v) is 2.78. The molecule has 2 aromatic rings. The van der Waals surface area contributed by atoms with Crippen molar-refractivity contribution in [2.75, 3.05) is 7.05 Å². The van der Waals surface area contributed by atoms with Crippen LogP contribution in [0.25, 0.3) is 0 Å². The van der Waals surface area contributed by atoms with Crippen LogP contribution < -0.4 is 10.6 Å². The van der Waals surface area contributed by atoms with E-state index in [-0.39, 0.29) is 0 Å². The number of aromatic nitrogens is 1. The Morgan fingerprint density at radius 3 is 2.71 bits per heavy atom. The van der Waals surface area contributed by atoms with Crippen molar-refractivity contribution in [2.24, 2.45) is 4.99 Å². The van der Waals surface area contributed by atoms with Crippen molar-refractivity contribution in [3.05, 3.63) is 39.4 Å². The molecule has 2 N–H and O–H groups in total. The maximum absolute atomic E-state index is 5.37. The average molecular weight is 306 g/mol. The quantitative estimate of drug-likeness (QED) is 0.636. The third kappa shape index (κ3) is 4.07. The van der Waals surface area contributed by atoms with Crippen molar-refractivity contribution in [2.45, 2.75) is 39.8 Å². The summed E-state index contributed by atoms with van der Waals surface area (Å²) in [5.41, 5.74) is 3.43. The number of thiophene rings is 1. The summed E-state index contributed by atoms with van der Waals surface area (Å²) in [6, 6.07) is 2.11. The largest absolute Gasteiger partial charge is 0.361 e. The zero-order chi connectivity index (χ0) is 15.1. The summed E-state index contributed by atoms with van der Waals surface area (Å²) >= 11 is 1.70.